The SMILES string of the molecule is O=C(NNC(=O)[C@H]1CC(=O)N(c2ccc(F)cc2)C1)c1ccco1. The van der Waals surface area contributed by atoms with Crippen LogP contribution in [0.15, 0.2) is 47.1 Å². The summed E-state index contributed by atoms with van der Waals surface area (Å²) in [6.45, 7) is 0.160. The van der Waals surface area contributed by atoms with Gasteiger partial charge in [-0.3, -0.25) is 25.2 Å². The third-order valence-electron chi connectivity index (χ3n) is 3.68. The Balaban J connectivity index is 1.58. The number of hydrazine groups is 1. The van der Waals surface area contributed by atoms with Gasteiger partial charge in [0, 0.05) is 18.7 Å². The van der Waals surface area contributed by atoms with E-state index in [2.05, 4.69) is 10.9 Å². The van der Waals surface area contributed by atoms with E-state index < -0.39 is 23.5 Å². The van der Waals surface area contributed by atoms with E-state index >= 15 is 0 Å². The monoisotopic (exact) mass is 331 g/mol. The lowest BCUT2D eigenvalue weighted by Crippen LogP contribution is -2.45. The van der Waals surface area contributed by atoms with Crippen molar-refractivity contribution in [1.82, 2.24) is 10.9 Å². The zero-order chi connectivity index (χ0) is 17.1. The first-order valence-corrected chi connectivity index (χ1v) is 7.24. The molecule has 3 amide bonds. The van der Waals surface area contributed by atoms with Gasteiger partial charge in [0.2, 0.25) is 11.8 Å². The summed E-state index contributed by atoms with van der Waals surface area (Å²) in [5.74, 6) is -2.26. The van der Waals surface area contributed by atoms with Crippen LogP contribution in [0.3, 0.4) is 0 Å². The van der Waals surface area contributed by atoms with Gasteiger partial charge in [0.25, 0.3) is 0 Å². The summed E-state index contributed by atoms with van der Waals surface area (Å²) < 4.78 is 17.9. The van der Waals surface area contributed by atoms with Gasteiger partial charge >= 0.3 is 5.91 Å². The molecule has 1 saturated heterocycles. The summed E-state index contributed by atoms with van der Waals surface area (Å²) in [5, 5.41) is 0. The van der Waals surface area contributed by atoms with E-state index in [4.69, 9.17) is 4.42 Å². The number of halogens is 1. The van der Waals surface area contributed by atoms with Crippen LogP contribution in [0.4, 0.5) is 10.1 Å². The second-order valence-corrected chi connectivity index (χ2v) is 5.30. The Bertz CT molecular complexity index is 758. The second kappa shape index (κ2) is 6.53. The fourth-order valence-electron chi connectivity index (χ4n) is 2.44. The highest BCUT2D eigenvalue weighted by molar-refractivity contribution is 6.01. The van der Waals surface area contributed by atoms with Crippen molar-refractivity contribution >= 4 is 23.4 Å². The standard InChI is InChI=1S/C16H14FN3O4/c17-11-3-5-12(6-4-11)20-9-10(8-14(20)21)15(22)18-19-16(23)13-2-1-7-24-13/h1-7,10H,8-9H2,(H,18,22)(H,19,23)/t10-/m0/s1. The predicted octanol–water partition coefficient (Wildman–Crippen LogP) is 1.23. The lowest BCUT2D eigenvalue weighted by molar-refractivity contribution is -0.126. The first-order valence-electron chi connectivity index (χ1n) is 7.24. The molecule has 1 aromatic carbocycles. The number of nitrogens with zero attached hydrogens (tertiary/aromatic N) is 1. The predicted molar refractivity (Wildman–Crippen MR) is 81.2 cm³/mol. The molecule has 0 unspecified atom stereocenters. The molecule has 2 N–H and O–H groups in total. The molecule has 1 aliphatic heterocycles. The molecular formula is C16H14FN3O4. The number of anilines is 1. The molecule has 24 heavy (non-hydrogen) atoms. The van der Waals surface area contributed by atoms with Crippen LogP contribution in [0.2, 0.25) is 0 Å². The number of nitrogens with one attached hydrogen (secondary N) is 2. The van der Waals surface area contributed by atoms with Crippen LogP contribution in [0.1, 0.15) is 17.0 Å². The minimum Gasteiger partial charge on any atom is -0.459 e. The average molecular weight is 331 g/mol. The fraction of sp³-hybridized carbons (Fsp3) is 0.188. The molecule has 1 aromatic heterocycles. The zero-order valence-corrected chi connectivity index (χ0v) is 12.5. The van der Waals surface area contributed by atoms with Crippen LogP contribution in [0, 0.1) is 11.7 Å². The lowest BCUT2D eigenvalue weighted by Gasteiger charge is -2.16. The van der Waals surface area contributed by atoms with E-state index in [1.807, 2.05) is 0 Å². The minimum absolute atomic E-state index is 0.0137. The summed E-state index contributed by atoms with van der Waals surface area (Å²) in [7, 11) is 0. The summed E-state index contributed by atoms with van der Waals surface area (Å²) in [5.41, 5.74) is 5.03. The van der Waals surface area contributed by atoms with E-state index in [9.17, 15) is 18.8 Å². The van der Waals surface area contributed by atoms with Crippen LogP contribution in [0.25, 0.3) is 0 Å². The highest BCUT2D eigenvalue weighted by Gasteiger charge is 2.35. The van der Waals surface area contributed by atoms with Gasteiger partial charge in [-0.05, 0) is 36.4 Å². The molecular weight excluding hydrogens is 317 g/mol. The zero-order valence-electron chi connectivity index (χ0n) is 12.5. The maximum Gasteiger partial charge on any atom is 0.305 e. The highest BCUT2D eigenvalue weighted by Crippen LogP contribution is 2.25. The van der Waals surface area contributed by atoms with Crippen LogP contribution in [0.5, 0.6) is 0 Å². The second-order valence-electron chi connectivity index (χ2n) is 5.30. The lowest BCUT2D eigenvalue weighted by atomic mass is 10.1. The van der Waals surface area contributed by atoms with Gasteiger partial charge in [-0.25, -0.2) is 4.39 Å². The van der Waals surface area contributed by atoms with Crippen molar-refractivity contribution in [2.75, 3.05) is 11.4 Å². The van der Waals surface area contributed by atoms with Crippen molar-refractivity contribution in [2.24, 2.45) is 5.92 Å². The number of carbonyl (C=O) groups is 3. The van der Waals surface area contributed by atoms with Gasteiger partial charge in [0.15, 0.2) is 5.76 Å². The summed E-state index contributed by atoms with van der Waals surface area (Å²) >= 11 is 0. The molecule has 2 heterocycles. The maximum absolute atomic E-state index is 13.0. The summed E-state index contributed by atoms with van der Waals surface area (Å²) in [6.07, 6.45) is 1.35. The van der Waals surface area contributed by atoms with Crippen LogP contribution in [-0.4, -0.2) is 24.3 Å². The maximum atomic E-state index is 13.0. The summed E-state index contributed by atoms with van der Waals surface area (Å²) in [4.78, 5) is 37.2. The normalized spacial score (nSPS) is 17.0. The van der Waals surface area contributed by atoms with Crippen molar-refractivity contribution in [3.63, 3.8) is 0 Å². The Morgan fingerprint density at radius 3 is 2.58 bits per heavy atom. The van der Waals surface area contributed by atoms with Gasteiger partial charge < -0.3 is 9.32 Å². The highest BCUT2D eigenvalue weighted by atomic mass is 19.1. The van der Waals surface area contributed by atoms with E-state index in [0.717, 1.165) is 0 Å². The third kappa shape index (κ3) is 3.27. The van der Waals surface area contributed by atoms with Crippen molar-refractivity contribution in [1.29, 1.82) is 0 Å². The molecule has 0 aliphatic carbocycles. The molecule has 3 rings (SSSR count). The molecule has 2 aromatic rings. The van der Waals surface area contributed by atoms with E-state index in [0.29, 0.717) is 5.69 Å². The Labute approximate surface area is 136 Å². The third-order valence-corrected chi connectivity index (χ3v) is 3.68. The van der Waals surface area contributed by atoms with Crippen molar-refractivity contribution in [3.05, 3.63) is 54.2 Å². The number of furan rings is 1. The molecule has 124 valence electrons. The van der Waals surface area contributed by atoms with Crippen molar-refractivity contribution < 1.29 is 23.2 Å². The van der Waals surface area contributed by atoms with Crippen LogP contribution < -0.4 is 15.8 Å². The number of carbonyl (C=O) groups excluding carboxylic acids is 3. The largest absolute Gasteiger partial charge is 0.459 e. The molecule has 1 fully saturated rings. The molecule has 1 atom stereocenters. The fourth-order valence-corrected chi connectivity index (χ4v) is 2.44. The molecule has 0 spiro atoms. The van der Waals surface area contributed by atoms with Gasteiger partial charge in [-0.15, -0.1) is 0 Å². The molecule has 0 bridgehead atoms. The van der Waals surface area contributed by atoms with Gasteiger partial charge in [0.05, 0.1) is 12.2 Å². The van der Waals surface area contributed by atoms with Crippen LogP contribution >= 0.6 is 0 Å². The Morgan fingerprint density at radius 1 is 1.17 bits per heavy atom. The Hall–Kier alpha value is -3.16. The quantitative estimate of drug-likeness (QED) is 0.828. The molecule has 1 aliphatic rings. The molecule has 7 nitrogen and oxygen atoms in total. The van der Waals surface area contributed by atoms with Gasteiger partial charge in [-0.2, -0.15) is 0 Å². The minimum atomic E-state index is -0.612. The number of amides is 3. The van der Waals surface area contributed by atoms with Crippen LogP contribution in [-0.2, 0) is 9.59 Å². The average Bonchev–Trinajstić information content (AvgIpc) is 3.23. The summed E-state index contributed by atoms with van der Waals surface area (Å²) in [6, 6.07) is 8.46. The van der Waals surface area contributed by atoms with Crippen molar-refractivity contribution in [3.8, 4) is 0 Å². The number of rotatable bonds is 3. The molecule has 0 radical (unpaired) electrons. The van der Waals surface area contributed by atoms with Gasteiger partial charge in [-0.1, -0.05) is 0 Å². The number of hydrogen-bond acceptors (Lipinski definition) is 4. The number of hydrogen-bond donors (Lipinski definition) is 2. The topological polar surface area (TPSA) is 91.7 Å². The van der Waals surface area contributed by atoms with E-state index in [1.54, 1.807) is 6.07 Å². The Kier molecular flexibility index (Phi) is 4.28. The molecule has 0 saturated carbocycles. The number of benzene rings is 1. The van der Waals surface area contributed by atoms with Crippen molar-refractivity contribution in [2.45, 2.75) is 6.42 Å². The first-order chi connectivity index (χ1) is 11.5. The van der Waals surface area contributed by atoms with E-state index in [-0.39, 0.29) is 24.6 Å². The Morgan fingerprint density at radius 2 is 1.92 bits per heavy atom. The van der Waals surface area contributed by atoms with Gasteiger partial charge in [0.1, 0.15) is 5.82 Å². The smallest absolute Gasteiger partial charge is 0.305 e. The molecule has 8 heteroatoms. The van der Waals surface area contributed by atoms with E-state index in [1.165, 1.54) is 41.5 Å². The first kappa shape index (κ1) is 15.7.